The summed E-state index contributed by atoms with van der Waals surface area (Å²) in [5.41, 5.74) is 0.792. The van der Waals surface area contributed by atoms with E-state index in [1.807, 2.05) is 49.2 Å². The quantitative estimate of drug-likeness (QED) is 0.764. The lowest BCUT2D eigenvalue weighted by Crippen LogP contribution is -2.47. The summed E-state index contributed by atoms with van der Waals surface area (Å²) in [6.07, 6.45) is 5.68. The number of carbonyl (C=O) groups is 1. The third-order valence-corrected chi connectivity index (χ3v) is 5.76. The molecule has 1 amide bonds. The first-order valence-electron chi connectivity index (χ1n) is 9.00. The first-order chi connectivity index (χ1) is 11.3. The molecular weight excluding hydrogens is 322 g/mol. The minimum Gasteiger partial charge on any atom is -0.444 e. The Labute approximate surface area is 149 Å². The average molecular weight is 352 g/mol. The minimum absolute atomic E-state index is 0.170. The van der Waals surface area contributed by atoms with E-state index in [1.165, 1.54) is 30.0 Å². The fourth-order valence-electron chi connectivity index (χ4n) is 3.10. The largest absolute Gasteiger partial charge is 0.444 e. The van der Waals surface area contributed by atoms with Gasteiger partial charge in [0.1, 0.15) is 5.60 Å². The molecule has 6 heteroatoms. The SMILES string of the molecule is Cn1nc(C2CC2)cc1SCC1CCCCN1C(=O)OC(C)(C)C. The zero-order chi connectivity index (χ0) is 17.3. The standard InChI is InChI=1S/C18H29N3O2S/c1-18(2,3)23-17(22)21-10-6-5-7-14(21)12-24-16-11-15(13-8-9-13)19-20(16)4/h11,13-14H,5-10,12H2,1-4H3. The van der Waals surface area contributed by atoms with Gasteiger partial charge in [0.15, 0.2) is 0 Å². The third kappa shape index (κ3) is 4.47. The first kappa shape index (κ1) is 17.6. The molecule has 1 aliphatic carbocycles. The molecule has 1 saturated heterocycles. The van der Waals surface area contributed by atoms with Gasteiger partial charge in [-0.1, -0.05) is 0 Å². The Morgan fingerprint density at radius 2 is 2.08 bits per heavy atom. The predicted molar refractivity (Wildman–Crippen MR) is 96.5 cm³/mol. The second-order valence-electron chi connectivity index (χ2n) is 7.94. The van der Waals surface area contributed by atoms with E-state index >= 15 is 0 Å². The second-order valence-corrected chi connectivity index (χ2v) is 8.98. The van der Waals surface area contributed by atoms with Crippen molar-refractivity contribution in [2.75, 3.05) is 12.3 Å². The number of nitrogens with zero attached hydrogens (tertiary/aromatic N) is 3. The molecule has 0 bridgehead atoms. The lowest BCUT2D eigenvalue weighted by atomic mass is 10.0. The Hall–Kier alpha value is -1.17. The molecule has 2 heterocycles. The zero-order valence-corrected chi connectivity index (χ0v) is 16.1. The van der Waals surface area contributed by atoms with Crippen LogP contribution in [-0.4, -0.2) is 44.7 Å². The molecule has 1 atom stereocenters. The molecular formula is C18H29N3O2S. The minimum atomic E-state index is -0.437. The summed E-state index contributed by atoms with van der Waals surface area (Å²) in [6, 6.07) is 2.47. The van der Waals surface area contributed by atoms with Crippen LogP contribution in [0.25, 0.3) is 0 Å². The first-order valence-corrected chi connectivity index (χ1v) is 9.98. The highest BCUT2D eigenvalue weighted by Gasteiger charge is 2.31. The molecule has 1 aromatic rings. The van der Waals surface area contributed by atoms with Crippen molar-refractivity contribution in [2.24, 2.45) is 7.05 Å². The number of piperidine rings is 1. The van der Waals surface area contributed by atoms with Crippen molar-refractivity contribution < 1.29 is 9.53 Å². The maximum atomic E-state index is 12.5. The van der Waals surface area contributed by atoms with E-state index in [0.717, 1.165) is 25.1 Å². The van der Waals surface area contributed by atoms with Crippen molar-refractivity contribution in [3.8, 4) is 0 Å². The van der Waals surface area contributed by atoms with Gasteiger partial charge in [0.25, 0.3) is 0 Å². The normalized spacial score (nSPS) is 21.8. The van der Waals surface area contributed by atoms with Crippen molar-refractivity contribution in [1.29, 1.82) is 0 Å². The highest BCUT2D eigenvalue weighted by molar-refractivity contribution is 7.99. The van der Waals surface area contributed by atoms with E-state index in [4.69, 9.17) is 4.74 Å². The topological polar surface area (TPSA) is 47.4 Å². The van der Waals surface area contributed by atoms with E-state index in [9.17, 15) is 4.79 Å². The van der Waals surface area contributed by atoms with Gasteiger partial charge in [-0.25, -0.2) is 4.79 Å². The molecule has 1 aromatic heterocycles. The highest BCUT2D eigenvalue weighted by Crippen LogP contribution is 2.40. The van der Waals surface area contributed by atoms with Crippen molar-refractivity contribution in [2.45, 2.75) is 75.5 Å². The van der Waals surface area contributed by atoms with Crippen LogP contribution in [0.1, 0.15) is 64.5 Å². The molecule has 1 aliphatic heterocycles. The highest BCUT2D eigenvalue weighted by atomic mass is 32.2. The van der Waals surface area contributed by atoms with Crippen LogP contribution in [0.2, 0.25) is 0 Å². The number of carbonyl (C=O) groups excluding carboxylic acids is 1. The Balaban J connectivity index is 1.60. The molecule has 0 spiro atoms. The molecule has 1 unspecified atom stereocenters. The zero-order valence-electron chi connectivity index (χ0n) is 15.2. The van der Waals surface area contributed by atoms with Gasteiger partial charge in [-0.15, -0.1) is 11.8 Å². The molecule has 2 fully saturated rings. The van der Waals surface area contributed by atoms with Gasteiger partial charge in [0, 0.05) is 31.3 Å². The summed E-state index contributed by atoms with van der Waals surface area (Å²) in [7, 11) is 2.01. The smallest absolute Gasteiger partial charge is 0.410 e. The molecule has 24 heavy (non-hydrogen) atoms. The molecule has 0 radical (unpaired) electrons. The van der Waals surface area contributed by atoms with Crippen LogP contribution in [0, 0.1) is 0 Å². The van der Waals surface area contributed by atoms with Gasteiger partial charge < -0.3 is 9.64 Å². The van der Waals surface area contributed by atoms with Gasteiger partial charge in [0.05, 0.1) is 10.7 Å². The van der Waals surface area contributed by atoms with Crippen molar-refractivity contribution in [1.82, 2.24) is 14.7 Å². The second kappa shape index (κ2) is 6.98. The van der Waals surface area contributed by atoms with E-state index in [2.05, 4.69) is 11.2 Å². The fourth-order valence-corrected chi connectivity index (χ4v) is 4.24. The van der Waals surface area contributed by atoms with E-state index in [1.54, 1.807) is 0 Å². The average Bonchev–Trinajstić information content (AvgIpc) is 3.28. The number of aromatic nitrogens is 2. The Bertz CT molecular complexity index is 590. The molecule has 5 nitrogen and oxygen atoms in total. The van der Waals surface area contributed by atoms with E-state index < -0.39 is 5.60 Å². The molecule has 3 rings (SSSR count). The van der Waals surface area contributed by atoms with Crippen LogP contribution >= 0.6 is 11.8 Å². The number of hydrogen-bond donors (Lipinski definition) is 0. The number of ether oxygens (including phenoxy) is 1. The van der Waals surface area contributed by atoms with Gasteiger partial charge in [-0.05, 0) is 58.9 Å². The van der Waals surface area contributed by atoms with E-state index in [0.29, 0.717) is 5.92 Å². The van der Waals surface area contributed by atoms with Crippen molar-refractivity contribution in [3.63, 3.8) is 0 Å². The molecule has 1 saturated carbocycles. The lowest BCUT2D eigenvalue weighted by molar-refractivity contribution is 0.0126. The molecule has 134 valence electrons. The van der Waals surface area contributed by atoms with Crippen LogP contribution in [-0.2, 0) is 11.8 Å². The lowest BCUT2D eigenvalue weighted by Gasteiger charge is -2.36. The number of rotatable bonds is 4. The van der Waals surface area contributed by atoms with Crippen molar-refractivity contribution in [3.05, 3.63) is 11.8 Å². The van der Waals surface area contributed by atoms with Crippen molar-refractivity contribution >= 4 is 17.9 Å². The number of aryl methyl sites for hydroxylation is 1. The van der Waals surface area contributed by atoms with Gasteiger partial charge in [-0.3, -0.25) is 4.68 Å². The summed E-state index contributed by atoms with van der Waals surface area (Å²) < 4.78 is 7.57. The Morgan fingerprint density at radius 1 is 1.33 bits per heavy atom. The summed E-state index contributed by atoms with van der Waals surface area (Å²) in [4.78, 5) is 14.4. The molecule has 0 aromatic carbocycles. The van der Waals surface area contributed by atoms with Gasteiger partial charge in [0.2, 0.25) is 0 Å². The van der Waals surface area contributed by atoms with Gasteiger partial charge >= 0.3 is 6.09 Å². The van der Waals surface area contributed by atoms with Crippen LogP contribution in [0.4, 0.5) is 4.79 Å². The number of likely N-dealkylation sites (tertiary alicyclic amines) is 1. The molecule has 0 N–H and O–H groups in total. The predicted octanol–water partition coefficient (Wildman–Crippen LogP) is 4.18. The summed E-state index contributed by atoms with van der Waals surface area (Å²) in [6.45, 7) is 6.58. The van der Waals surface area contributed by atoms with Crippen LogP contribution in [0.5, 0.6) is 0 Å². The molecule has 2 aliphatic rings. The number of thioether (sulfide) groups is 1. The summed E-state index contributed by atoms with van der Waals surface area (Å²) >= 11 is 1.81. The van der Waals surface area contributed by atoms with Gasteiger partial charge in [-0.2, -0.15) is 5.10 Å². The Morgan fingerprint density at radius 3 is 2.75 bits per heavy atom. The third-order valence-electron chi connectivity index (χ3n) is 4.53. The fraction of sp³-hybridized carbons (Fsp3) is 0.778. The number of hydrogen-bond acceptors (Lipinski definition) is 4. The maximum Gasteiger partial charge on any atom is 0.410 e. The van der Waals surface area contributed by atoms with Crippen LogP contribution < -0.4 is 0 Å². The Kier molecular flexibility index (Phi) is 5.13. The number of amides is 1. The summed E-state index contributed by atoms with van der Waals surface area (Å²) in [5, 5.41) is 5.83. The van der Waals surface area contributed by atoms with Crippen LogP contribution in [0.15, 0.2) is 11.1 Å². The monoisotopic (exact) mass is 351 g/mol. The van der Waals surface area contributed by atoms with E-state index in [-0.39, 0.29) is 12.1 Å². The summed E-state index contributed by atoms with van der Waals surface area (Å²) in [5.74, 6) is 1.58. The maximum absolute atomic E-state index is 12.5. The van der Waals surface area contributed by atoms with Crippen LogP contribution in [0.3, 0.4) is 0 Å².